The molecule has 2 aromatic heterocycles. The van der Waals surface area contributed by atoms with Gasteiger partial charge in [-0.25, -0.2) is 9.59 Å². The number of ether oxygens (including phenoxy) is 1. The minimum absolute atomic E-state index is 0.243. The molecule has 0 saturated carbocycles. The third kappa shape index (κ3) is 5.34. The summed E-state index contributed by atoms with van der Waals surface area (Å²) < 4.78 is 5.45. The highest BCUT2D eigenvalue weighted by molar-refractivity contribution is 7.13. The maximum Gasteiger partial charge on any atom is 0.410 e. The molecule has 0 fully saturated rings. The molecule has 0 bridgehead atoms. The Hall–Kier alpha value is -2.41. The summed E-state index contributed by atoms with van der Waals surface area (Å²) in [5.74, 6) is -0.972. The fourth-order valence-electron chi connectivity index (χ4n) is 1.96. The number of pyridine rings is 1. The first-order valence-electron chi connectivity index (χ1n) is 7.44. The molecule has 2 heterocycles. The van der Waals surface area contributed by atoms with Crippen LogP contribution in [0.4, 0.5) is 4.79 Å². The van der Waals surface area contributed by atoms with E-state index in [4.69, 9.17) is 9.84 Å². The zero-order valence-electron chi connectivity index (χ0n) is 13.9. The lowest BCUT2D eigenvalue weighted by atomic mass is 10.2. The monoisotopic (exact) mass is 348 g/mol. The van der Waals surface area contributed by atoms with Crippen LogP contribution in [0.2, 0.25) is 0 Å². The maximum atomic E-state index is 12.5. The molecule has 1 N–H and O–H groups in total. The van der Waals surface area contributed by atoms with Gasteiger partial charge in [-0.05, 0) is 45.0 Å². The van der Waals surface area contributed by atoms with Crippen molar-refractivity contribution < 1.29 is 19.4 Å². The van der Waals surface area contributed by atoms with Gasteiger partial charge in [-0.15, -0.1) is 11.3 Å². The number of thiophene rings is 1. The van der Waals surface area contributed by atoms with Crippen LogP contribution in [0.3, 0.4) is 0 Å². The Kier molecular flexibility index (Phi) is 5.56. The van der Waals surface area contributed by atoms with E-state index in [0.717, 1.165) is 21.9 Å². The highest BCUT2D eigenvalue weighted by atomic mass is 32.1. The number of carboxylic acid groups (broad SMARTS) is 1. The van der Waals surface area contributed by atoms with Gasteiger partial charge in [-0.3, -0.25) is 9.88 Å². The predicted octanol–water partition coefficient (Wildman–Crippen LogP) is 3.78. The number of amides is 1. The second-order valence-corrected chi connectivity index (χ2v) is 7.40. The molecule has 0 radical (unpaired) electrons. The smallest absolute Gasteiger partial charge is 0.410 e. The third-order valence-electron chi connectivity index (χ3n) is 2.95. The van der Waals surface area contributed by atoms with Crippen molar-refractivity contribution in [1.82, 2.24) is 9.88 Å². The Morgan fingerprint density at radius 2 is 1.96 bits per heavy atom. The lowest BCUT2D eigenvalue weighted by Crippen LogP contribution is -2.36. The summed E-state index contributed by atoms with van der Waals surface area (Å²) in [5, 5.41) is 9.02. The maximum absolute atomic E-state index is 12.5. The first-order chi connectivity index (χ1) is 11.2. The predicted molar refractivity (Wildman–Crippen MR) is 91.0 cm³/mol. The number of carboxylic acids is 1. The van der Waals surface area contributed by atoms with Crippen LogP contribution in [0, 0.1) is 0 Å². The van der Waals surface area contributed by atoms with Crippen molar-refractivity contribution in [3.63, 3.8) is 0 Å². The van der Waals surface area contributed by atoms with Gasteiger partial charge in [0.15, 0.2) is 0 Å². The average Bonchev–Trinajstić information content (AvgIpc) is 2.95. The lowest BCUT2D eigenvalue weighted by Gasteiger charge is -2.27. The topological polar surface area (TPSA) is 79.7 Å². The molecular formula is C17H20N2O4S. The van der Waals surface area contributed by atoms with Crippen molar-refractivity contribution in [2.45, 2.75) is 39.5 Å². The molecule has 0 spiro atoms. The van der Waals surface area contributed by atoms with Crippen LogP contribution in [0.15, 0.2) is 36.5 Å². The van der Waals surface area contributed by atoms with Crippen molar-refractivity contribution in [3.05, 3.63) is 52.0 Å². The van der Waals surface area contributed by atoms with Crippen LogP contribution in [0.25, 0.3) is 0 Å². The van der Waals surface area contributed by atoms with E-state index in [2.05, 4.69) is 4.98 Å². The van der Waals surface area contributed by atoms with Crippen molar-refractivity contribution in [1.29, 1.82) is 0 Å². The quantitative estimate of drug-likeness (QED) is 0.889. The molecule has 24 heavy (non-hydrogen) atoms. The van der Waals surface area contributed by atoms with Gasteiger partial charge in [0.2, 0.25) is 0 Å². The van der Waals surface area contributed by atoms with Crippen molar-refractivity contribution in [3.8, 4) is 0 Å². The van der Waals surface area contributed by atoms with Crippen molar-refractivity contribution in [2.24, 2.45) is 0 Å². The Morgan fingerprint density at radius 3 is 2.50 bits per heavy atom. The zero-order valence-corrected chi connectivity index (χ0v) is 14.7. The average molecular weight is 348 g/mol. The summed E-state index contributed by atoms with van der Waals surface area (Å²) in [4.78, 5) is 30.2. The highest BCUT2D eigenvalue weighted by Crippen LogP contribution is 2.21. The molecule has 0 atom stereocenters. The Morgan fingerprint density at radius 1 is 1.21 bits per heavy atom. The van der Waals surface area contributed by atoms with Gasteiger partial charge in [0.1, 0.15) is 10.5 Å². The molecule has 0 unspecified atom stereocenters. The van der Waals surface area contributed by atoms with Gasteiger partial charge in [-0.2, -0.15) is 0 Å². The van der Waals surface area contributed by atoms with E-state index in [1.54, 1.807) is 39.1 Å². The molecule has 6 nitrogen and oxygen atoms in total. The first kappa shape index (κ1) is 17.9. The van der Waals surface area contributed by atoms with Gasteiger partial charge < -0.3 is 9.84 Å². The first-order valence-corrected chi connectivity index (χ1v) is 8.26. The summed E-state index contributed by atoms with van der Waals surface area (Å²) in [6, 6.07) is 8.73. The minimum Gasteiger partial charge on any atom is -0.477 e. The second-order valence-electron chi connectivity index (χ2n) is 6.23. The number of carbonyl (C=O) groups is 2. The molecular weight excluding hydrogens is 328 g/mol. The molecule has 7 heteroatoms. The number of rotatable bonds is 5. The molecule has 0 aliphatic rings. The number of aromatic nitrogens is 1. The summed E-state index contributed by atoms with van der Waals surface area (Å²) in [7, 11) is 0. The van der Waals surface area contributed by atoms with Crippen molar-refractivity contribution >= 4 is 23.4 Å². The van der Waals surface area contributed by atoms with Gasteiger partial charge in [0, 0.05) is 11.1 Å². The molecule has 0 saturated heterocycles. The van der Waals surface area contributed by atoms with Crippen LogP contribution in [0.5, 0.6) is 0 Å². The molecule has 0 aromatic carbocycles. The van der Waals surface area contributed by atoms with E-state index >= 15 is 0 Å². The number of hydrogen-bond acceptors (Lipinski definition) is 5. The van der Waals surface area contributed by atoms with E-state index < -0.39 is 17.7 Å². The van der Waals surface area contributed by atoms with E-state index in [1.807, 2.05) is 12.1 Å². The molecule has 2 rings (SSSR count). The van der Waals surface area contributed by atoms with Gasteiger partial charge in [-0.1, -0.05) is 6.07 Å². The van der Waals surface area contributed by atoms with Crippen LogP contribution in [-0.2, 0) is 17.8 Å². The molecule has 0 aliphatic carbocycles. The standard InChI is InChI=1S/C17H20N2O4S/c1-17(2,3)23-16(22)19(10-12-6-4-5-9-18-12)11-13-7-8-14(24-13)15(20)21/h4-9H,10-11H2,1-3H3,(H,20,21). The minimum atomic E-state index is -0.972. The number of nitrogens with zero attached hydrogens (tertiary/aromatic N) is 2. The van der Waals surface area contributed by atoms with E-state index in [9.17, 15) is 9.59 Å². The summed E-state index contributed by atoms with van der Waals surface area (Å²) in [6.07, 6.45) is 1.20. The fraction of sp³-hybridized carbons (Fsp3) is 0.353. The van der Waals surface area contributed by atoms with E-state index in [1.165, 1.54) is 11.0 Å². The SMILES string of the molecule is CC(C)(C)OC(=O)N(Cc1ccccn1)Cc1ccc(C(=O)O)s1. The molecule has 128 valence electrons. The Balaban J connectivity index is 2.17. The summed E-state index contributed by atoms with van der Waals surface area (Å²) >= 11 is 1.15. The molecule has 2 aromatic rings. The molecule has 1 amide bonds. The Labute approximate surface area is 144 Å². The van der Waals surface area contributed by atoms with Gasteiger partial charge >= 0.3 is 12.1 Å². The van der Waals surface area contributed by atoms with Crippen LogP contribution in [-0.4, -0.2) is 32.7 Å². The Bertz CT molecular complexity index is 707. The summed E-state index contributed by atoms with van der Waals surface area (Å²) in [6.45, 7) is 5.96. The normalized spacial score (nSPS) is 11.1. The number of hydrogen-bond donors (Lipinski definition) is 1. The van der Waals surface area contributed by atoms with E-state index in [0.29, 0.717) is 0 Å². The van der Waals surface area contributed by atoms with Crippen LogP contribution >= 0.6 is 11.3 Å². The number of carbonyl (C=O) groups excluding carboxylic acids is 1. The van der Waals surface area contributed by atoms with E-state index in [-0.39, 0.29) is 18.0 Å². The number of aromatic carboxylic acids is 1. The zero-order chi connectivity index (χ0) is 17.7. The molecule has 0 aliphatic heterocycles. The second kappa shape index (κ2) is 7.44. The van der Waals surface area contributed by atoms with Crippen LogP contribution in [0.1, 0.15) is 41.0 Å². The fourth-order valence-corrected chi connectivity index (χ4v) is 2.83. The third-order valence-corrected chi connectivity index (χ3v) is 4.01. The van der Waals surface area contributed by atoms with Gasteiger partial charge in [0.05, 0.1) is 18.8 Å². The summed E-state index contributed by atoms with van der Waals surface area (Å²) in [5.41, 5.74) is 0.125. The van der Waals surface area contributed by atoms with Gasteiger partial charge in [0.25, 0.3) is 0 Å². The largest absolute Gasteiger partial charge is 0.477 e. The van der Waals surface area contributed by atoms with Crippen molar-refractivity contribution in [2.75, 3.05) is 0 Å². The highest BCUT2D eigenvalue weighted by Gasteiger charge is 2.23. The van der Waals surface area contributed by atoms with Crippen LogP contribution < -0.4 is 0 Å². The lowest BCUT2D eigenvalue weighted by molar-refractivity contribution is 0.0216.